The van der Waals surface area contributed by atoms with Gasteiger partial charge in [-0.3, -0.25) is 30.8 Å². The second-order valence-electron chi connectivity index (χ2n) is 16.8. The van der Waals surface area contributed by atoms with Crippen LogP contribution >= 0.6 is 0 Å². The molecule has 0 saturated carbocycles. The first-order valence-electron chi connectivity index (χ1n) is 23.6. The van der Waals surface area contributed by atoms with Gasteiger partial charge in [0.15, 0.2) is 6.61 Å². The molecule has 0 unspecified atom stereocenters. The summed E-state index contributed by atoms with van der Waals surface area (Å²) in [6.45, 7) is 4.78. The fraction of sp³-hybridized carbons (Fsp3) is 0.291. The number of ether oxygens (including phenoxy) is 3. The van der Waals surface area contributed by atoms with Gasteiger partial charge in [-0.25, -0.2) is 4.79 Å². The standard InChI is InChI=1S/C55H63N7O7/c1-2-17-46(54(66)69-36-39-20-7-4-8-21-39)62-53(65)45(28-15-34-59-55(57)58)61-52(64)44(27-13-14-33-56)60-49(63)37-68-48-32-30-41-24-10-12-26-43(41)51(48)50-42-25-11-9-23-40(42)29-31-47(50)67-35-16-22-38-18-5-3-6-19-38/h2-12,18-21,23-26,29-32,44-46H,1,13-17,22,27-28,33-37,56H2,(H,60,63)(H,61,64)(H,62,65)(H4,57,58,59)/p+2/t44-,45-,46+/m1/s1. The van der Waals surface area contributed by atoms with Crippen LogP contribution in [0.1, 0.15) is 56.1 Å². The lowest BCUT2D eigenvalue weighted by Gasteiger charge is -2.25. The number of benzene rings is 6. The Morgan fingerprint density at radius 1 is 0.623 bits per heavy atom. The Morgan fingerprint density at radius 3 is 1.78 bits per heavy atom. The molecule has 0 aromatic heterocycles. The van der Waals surface area contributed by atoms with Crippen molar-refractivity contribution in [1.82, 2.24) is 16.0 Å². The minimum absolute atomic E-state index is 0.0129. The van der Waals surface area contributed by atoms with Crippen molar-refractivity contribution in [3.05, 3.63) is 157 Å². The van der Waals surface area contributed by atoms with E-state index < -0.39 is 48.4 Å². The average molecular weight is 936 g/mol. The molecule has 360 valence electrons. The predicted octanol–water partition coefficient (Wildman–Crippen LogP) is 4.37. The molecular formula is C55H65N7O7+2. The van der Waals surface area contributed by atoms with Crippen LogP contribution in [0.2, 0.25) is 0 Å². The van der Waals surface area contributed by atoms with Crippen molar-refractivity contribution in [2.45, 2.75) is 76.1 Å². The van der Waals surface area contributed by atoms with E-state index in [9.17, 15) is 19.2 Å². The van der Waals surface area contributed by atoms with Crippen LogP contribution in [-0.4, -0.2) is 74.1 Å². The smallest absolute Gasteiger partial charge is 0.338 e. The highest BCUT2D eigenvalue weighted by Crippen LogP contribution is 2.45. The van der Waals surface area contributed by atoms with Crippen molar-refractivity contribution >= 4 is 51.2 Å². The molecule has 0 aliphatic carbocycles. The number of amides is 3. The maximum Gasteiger partial charge on any atom is 0.338 e. The number of aryl methyl sites for hydroxylation is 1. The third-order valence-corrected chi connectivity index (χ3v) is 11.6. The van der Waals surface area contributed by atoms with Crippen LogP contribution in [0.5, 0.6) is 11.5 Å². The number of unbranched alkanes of at least 4 members (excludes halogenated alkanes) is 1. The Bertz CT molecular complexity index is 2670. The summed E-state index contributed by atoms with van der Waals surface area (Å²) < 4.78 is 18.6. The van der Waals surface area contributed by atoms with Gasteiger partial charge >= 0.3 is 11.9 Å². The number of rotatable bonds is 27. The van der Waals surface area contributed by atoms with Crippen molar-refractivity contribution in [1.29, 1.82) is 0 Å². The van der Waals surface area contributed by atoms with E-state index in [4.69, 9.17) is 25.7 Å². The fourth-order valence-corrected chi connectivity index (χ4v) is 8.10. The quantitative estimate of drug-likeness (QED) is 0.0128. The highest BCUT2D eigenvalue weighted by Gasteiger charge is 2.30. The van der Waals surface area contributed by atoms with Gasteiger partial charge in [0.05, 0.1) is 19.7 Å². The maximum atomic E-state index is 14.2. The van der Waals surface area contributed by atoms with Gasteiger partial charge in [-0.05, 0) is 96.2 Å². The Hall–Kier alpha value is -7.71. The minimum Gasteiger partial charge on any atom is -0.493 e. The van der Waals surface area contributed by atoms with E-state index in [-0.39, 0.29) is 31.8 Å². The molecule has 0 radical (unpaired) electrons. The van der Waals surface area contributed by atoms with Crippen LogP contribution in [0.4, 0.5) is 0 Å². The molecule has 0 heterocycles. The monoisotopic (exact) mass is 935 g/mol. The summed E-state index contributed by atoms with van der Waals surface area (Å²) in [5.41, 5.74) is 18.8. The van der Waals surface area contributed by atoms with E-state index in [0.717, 1.165) is 51.1 Å². The van der Waals surface area contributed by atoms with Gasteiger partial charge in [0.2, 0.25) is 11.8 Å². The third kappa shape index (κ3) is 15.1. The van der Waals surface area contributed by atoms with Gasteiger partial charge in [0.25, 0.3) is 5.91 Å². The summed E-state index contributed by atoms with van der Waals surface area (Å²) in [7, 11) is 0. The largest absolute Gasteiger partial charge is 0.493 e. The zero-order valence-corrected chi connectivity index (χ0v) is 39.1. The molecule has 6 rings (SSSR count). The molecule has 3 atom stereocenters. The summed E-state index contributed by atoms with van der Waals surface area (Å²) in [5.74, 6) is -1.21. The van der Waals surface area contributed by atoms with E-state index in [1.165, 1.54) is 11.6 Å². The molecule has 0 aliphatic rings. The Kier molecular flexibility index (Phi) is 19.5. The van der Waals surface area contributed by atoms with Crippen molar-refractivity contribution in [2.24, 2.45) is 11.5 Å². The number of hydrogen-bond donors (Lipinski definition) is 7. The Labute approximate surface area is 403 Å². The van der Waals surface area contributed by atoms with Crippen LogP contribution in [0.3, 0.4) is 0 Å². The van der Waals surface area contributed by atoms with Gasteiger partial charge in [0.1, 0.15) is 36.2 Å². The first kappa shape index (κ1) is 50.7. The minimum atomic E-state index is -1.10. The number of nitrogens with two attached hydrogens (primary N) is 2. The predicted molar refractivity (Wildman–Crippen MR) is 270 cm³/mol. The number of guanidine groups is 1. The van der Waals surface area contributed by atoms with Crippen LogP contribution in [0, 0.1) is 0 Å². The molecule has 14 nitrogen and oxygen atoms in total. The number of carbonyl (C=O) groups is 4. The molecule has 0 aliphatic heterocycles. The van der Waals surface area contributed by atoms with Gasteiger partial charge in [-0.15, -0.1) is 6.58 Å². The second-order valence-corrected chi connectivity index (χ2v) is 16.8. The lowest BCUT2D eigenvalue weighted by molar-refractivity contribution is -0.459. The summed E-state index contributed by atoms with van der Waals surface area (Å²) in [4.78, 5) is 58.2. The van der Waals surface area contributed by atoms with E-state index in [1.54, 1.807) is 0 Å². The van der Waals surface area contributed by atoms with Gasteiger partial charge < -0.3 is 35.9 Å². The van der Waals surface area contributed by atoms with E-state index >= 15 is 0 Å². The molecule has 3 amide bonds. The van der Waals surface area contributed by atoms with Crippen molar-refractivity contribution < 1.29 is 44.1 Å². The number of carbonyl (C=O) groups excluding carboxylic acids is 4. The molecule has 0 fully saturated rings. The zero-order chi connectivity index (χ0) is 48.8. The molecule has 6 aromatic carbocycles. The highest BCUT2D eigenvalue weighted by atomic mass is 16.5. The molecule has 0 spiro atoms. The number of quaternary nitrogens is 1. The Morgan fingerprint density at radius 2 is 1.17 bits per heavy atom. The molecule has 0 saturated heterocycles. The summed E-state index contributed by atoms with van der Waals surface area (Å²) >= 11 is 0. The molecule has 0 bridgehead atoms. The maximum absolute atomic E-state index is 14.2. The van der Waals surface area contributed by atoms with Gasteiger partial charge in [-0.2, -0.15) is 0 Å². The highest BCUT2D eigenvalue weighted by molar-refractivity contribution is 6.10. The summed E-state index contributed by atoms with van der Waals surface area (Å²) in [6.07, 6.45) is 5.35. The number of nitrogens with one attached hydrogen (secondary N) is 4. The molecular weight excluding hydrogens is 871 g/mol. The van der Waals surface area contributed by atoms with Crippen molar-refractivity contribution in [3.8, 4) is 22.6 Å². The number of hydrogen-bond acceptors (Lipinski definition) is 7. The van der Waals surface area contributed by atoms with E-state index in [0.29, 0.717) is 50.5 Å². The van der Waals surface area contributed by atoms with Gasteiger partial charge in [-0.1, -0.05) is 127 Å². The molecule has 6 aromatic rings. The van der Waals surface area contributed by atoms with Gasteiger partial charge in [0, 0.05) is 11.1 Å². The first-order valence-corrected chi connectivity index (χ1v) is 23.6. The first-order chi connectivity index (χ1) is 33.6. The average Bonchev–Trinajstić information content (AvgIpc) is 3.37. The fourth-order valence-electron chi connectivity index (χ4n) is 8.10. The topological polar surface area (TPSA) is 226 Å². The molecule has 11 N–H and O–H groups in total. The lowest BCUT2D eigenvalue weighted by Crippen LogP contribution is -2.78. The SMILES string of the molecule is C=CC[C@H](NC(=O)[C@@H](CCC[NH+]=C(N)N)NC(=O)[C@@H](CCCC[NH3+])NC(=O)COc1ccc2ccccc2c1-c1c(OCCCc2ccccc2)ccc2ccccc12)C(=O)OCc1ccccc1. The normalized spacial score (nSPS) is 12.2. The third-order valence-electron chi connectivity index (χ3n) is 11.6. The summed E-state index contributed by atoms with van der Waals surface area (Å²) in [5, 5.41) is 12.3. The summed E-state index contributed by atoms with van der Waals surface area (Å²) in [6, 6.07) is 40.2. The van der Waals surface area contributed by atoms with Crippen LogP contribution in [0.15, 0.2) is 146 Å². The van der Waals surface area contributed by atoms with Crippen molar-refractivity contribution in [3.63, 3.8) is 0 Å². The van der Waals surface area contributed by atoms with Crippen LogP contribution < -0.4 is 47.6 Å². The van der Waals surface area contributed by atoms with E-state index in [1.807, 2.05) is 109 Å². The zero-order valence-electron chi connectivity index (χ0n) is 39.1. The number of fused-ring (bicyclic) bond motifs is 2. The van der Waals surface area contributed by atoms with Crippen molar-refractivity contribution in [2.75, 3.05) is 26.3 Å². The molecule has 69 heavy (non-hydrogen) atoms. The van der Waals surface area contributed by atoms with E-state index in [2.05, 4.69) is 57.5 Å². The number of esters is 1. The molecule has 14 heteroatoms. The Balaban J connectivity index is 1.20. The van der Waals surface area contributed by atoms with Crippen LogP contribution in [0.25, 0.3) is 32.7 Å². The van der Waals surface area contributed by atoms with Crippen LogP contribution in [-0.2, 0) is 36.9 Å². The second kappa shape index (κ2) is 26.6. The lowest BCUT2D eigenvalue weighted by atomic mass is 9.92.